The van der Waals surface area contributed by atoms with E-state index in [-0.39, 0.29) is 15.5 Å². The van der Waals surface area contributed by atoms with Crippen LogP contribution in [0.15, 0.2) is 23.1 Å². The Morgan fingerprint density at radius 2 is 2.00 bits per heavy atom. The fourth-order valence-electron chi connectivity index (χ4n) is 2.76. The third-order valence-electron chi connectivity index (χ3n) is 4.01. The first kappa shape index (κ1) is 16.3. The van der Waals surface area contributed by atoms with Gasteiger partial charge in [-0.1, -0.05) is 30.9 Å². The largest absolute Gasteiger partial charge is 0.242 e. The molecule has 6 heteroatoms. The Labute approximate surface area is 131 Å². The zero-order valence-electron chi connectivity index (χ0n) is 12.0. The van der Waals surface area contributed by atoms with Crippen molar-refractivity contribution in [1.29, 1.82) is 5.26 Å². The van der Waals surface area contributed by atoms with Gasteiger partial charge < -0.3 is 0 Å². The number of sulfonamides is 1. The summed E-state index contributed by atoms with van der Waals surface area (Å²) in [7, 11) is -1.94. The van der Waals surface area contributed by atoms with Crippen LogP contribution in [0.2, 0.25) is 5.02 Å². The van der Waals surface area contributed by atoms with Gasteiger partial charge in [-0.05, 0) is 37.0 Å². The maximum atomic E-state index is 12.5. The van der Waals surface area contributed by atoms with Crippen molar-refractivity contribution in [3.8, 4) is 6.07 Å². The smallest absolute Gasteiger partial charge is 0.207 e. The molecule has 0 spiro atoms. The standard InChI is InChI=1S/C15H19ClN2O2S/c1-18(11-12-5-3-2-4-6-12)21(19,20)14-8-7-13(10-17)15(16)9-14/h7-9,12H,2-6,11H2,1H3. The second-order valence-electron chi connectivity index (χ2n) is 5.54. The summed E-state index contributed by atoms with van der Waals surface area (Å²) in [6.45, 7) is 0.542. The number of nitriles is 1. The average molecular weight is 327 g/mol. The van der Waals surface area contributed by atoms with Crippen molar-refractivity contribution in [3.05, 3.63) is 28.8 Å². The van der Waals surface area contributed by atoms with E-state index in [9.17, 15) is 8.42 Å². The lowest BCUT2D eigenvalue weighted by atomic mass is 9.89. The summed E-state index contributed by atoms with van der Waals surface area (Å²) in [5, 5.41) is 9.01. The van der Waals surface area contributed by atoms with Gasteiger partial charge >= 0.3 is 0 Å². The molecule has 114 valence electrons. The van der Waals surface area contributed by atoms with Crippen LogP contribution in [0.3, 0.4) is 0 Å². The molecule has 0 unspecified atom stereocenters. The molecule has 1 aliphatic rings. The van der Waals surface area contributed by atoms with E-state index in [0.29, 0.717) is 12.5 Å². The molecule has 1 saturated carbocycles. The number of benzene rings is 1. The van der Waals surface area contributed by atoms with Crippen molar-refractivity contribution in [2.24, 2.45) is 5.92 Å². The number of halogens is 1. The summed E-state index contributed by atoms with van der Waals surface area (Å²) in [5.41, 5.74) is 0.283. The van der Waals surface area contributed by atoms with Gasteiger partial charge in [-0.25, -0.2) is 12.7 Å². The van der Waals surface area contributed by atoms with Crippen LogP contribution in [-0.2, 0) is 10.0 Å². The summed E-state index contributed by atoms with van der Waals surface area (Å²) >= 11 is 5.93. The van der Waals surface area contributed by atoms with E-state index in [1.807, 2.05) is 6.07 Å². The highest BCUT2D eigenvalue weighted by Crippen LogP contribution is 2.27. The van der Waals surface area contributed by atoms with Crippen molar-refractivity contribution in [2.45, 2.75) is 37.0 Å². The van der Waals surface area contributed by atoms with Gasteiger partial charge in [0.15, 0.2) is 0 Å². The molecule has 0 heterocycles. The molecule has 0 radical (unpaired) electrons. The van der Waals surface area contributed by atoms with Crippen molar-refractivity contribution < 1.29 is 8.42 Å². The first-order valence-electron chi connectivity index (χ1n) is 7.11. The van der Waals surface area contributed by atoms with Crippen molar-refractivity contribution in [3.63, 3.8) is 0 Å². The predicted molar refractivity (Wildman–Crippen MR) is 82.6 cm³/mol. The van der Waals surface area contributed by atoms with Crippen LogP contribution in [0, 0.1) is 17.2 Å². The fraction of sp³-hybridized carbons (Fsp3) is 0.533. The Kier molecular flexibility index (Phi) is 5.26. The quantitative estimate of drug-likeness (QED) is 0.851. The lowest BCUT2D eigenvalue weighted by Crippen LogP contribution is -2.32. The zero-order chi connectivity index (χ0) is 15.5. The third kappa shape index (κ3) is 3.76. The maximum Gasteiger partial charge on any atom is 0.242 e. The predicted octanol–water partition coefficient (Wildman–Crippen LogP) is 3.41. The van der Waals surface area contributed by atoms with Gasteiger partial charge in [0.1, 0.15) is 6.07 Å². The minimum absolute atomic E-state index is 0.143. The van der Waals surface area contributed by atoms with Crippen LogP contribution in [0.4, 0.5) is 0 Å². The summed E-state index contributed by atoms with van der Waals surface area (Å²) in [5.74, 6) is 0.437. The monoisotopic (exact) mass is 326 g/mol. The van der Waals surface area contributed by atoms with Crippen molar-refractivity contribution >= 4 is 21.6 Å². The summed E-state index contributed by atoms with van der Waals surface area (Å²) in [6, 6.07) is 6.17. The van der Waals surface area contributed by atoms with E-state index in [1.165, 1.54) is 41.8 Å². The average Bonchev–Trinajstić information content (AvgIpc) is 2.48. The van der Waals surface area contributed by atoms with Gasteiger partial charge in [-0.15, -0.1) is 0 Å². The van der Waals surface area contributed by atoms with Crippen LogP contribution in [-0.4, -0.2) is 26.3 Å². The number of hydrogen-bond acceptors (Lipinski definition) is 3. The Morgan fingerprint density at radius 1 is 1.33 bits per heavy atom. The Balaban J connectivity index is 2.16. The van der Waals surface area contributed by atoms with Crippen LogP contribution >= 0.6 is 11.6 Å². The topological polar surface area (TPSA) is 61.2 Å². The highest BCUT2D eigenvalue weighted by Gasteiger charge is 2.25. The number of hydrogen-bond donors (Lipinski definition) is 0. The molecule has 1 aliphatic carbocycles. The molecule has 0 N–H and O–H groups in total. The Morgan fingerprint density at radius 3 is 2.57 bits per heavy atom. The fourth-order valence-corrected chi connectivity index (χ4v) is 4.32. The Bertz CT molecular complexity index is 646. The van der Waals surface area contributed by atoms with Crippen LogP contribution in [0.25, 0.3) is 0 Å². The first-order chi connectivity index (χ1) is 9.95. The molecular formula is C15H19ClN2O2S. The zero-order valence-corrected chi connectivity index (χ0v) is 13.6. The SMILES string of the molecule is CN(CC1CCCCC1)S(=O)(=O)c1ccc(C#N)c(Cl)c1. The lowest BCUT2D eigenvalue weighted by molar-refractivity contribution is 0.300. The molecule has 1 aromatic carbocycles. The second kappa shape index (κ2) is 6.78. The number of nitrogens with zero attached hydrogens (tertiary/aromatic N) is 2. The van der Waals surface area contributed by atoms with E-state index < -0.39 is 10.0 Å². The molecule has 0 bridgehead atoms. The molecule has 0 aliphatic heterocycles. The van der Waals surface area contributed by atoms with Gasteiger partial charge in [0.05, 0.1) is 15.5 Å². The van der Waals surface area contributed by atoms with E-state index >= 15 is 0 Å². The van der Waals surface area contributed by atoms with Crippen LogP contribution in [0.5, 0.6) is 0 Å². The van der Waals surface area contributed by atoms with Crippen molar-refractivity contribution in [2.75, 3.05) is 13.6 Å². The van der Waals surface area contributed by atoms with Gasteiger partial charge in [-0.2, -0.15) is 5.26 Å². The van der Waals surface area contributed by atoms with E-state index in [1.54, 1.807) is 7.05 Å². The maximum absolute atomic E-state index is 12.5. The summed E-state index contributed by atoms with van der Waals surface area (Å²) in [4.78, 5) is 0.143. The molecule has 2 rings (SSSR count). The molecule has 1 aromatic rings. The van der Waals surface area contributed by atoms with E-state index in [0.717, 1.165) is 12.8 Å². The molecule has 0 saturated heterocycles. The summed E-state index contributed by atoms with van der Waals surface area (Å²) < 4.78 is 26.5. The lowest BCUT2D eigenvalue weighted by Gasteiger charge is -2.26. The molecule has 0 atom stereocenters. The van der Waals surface area contributed by atoms with Gasteiger partial charge in [0, 0.05) is 13.6 Å². The Hall–Kier alpha value is -1.09. The van der Waals surface area contributed by atoms with E-state index in [4.69, 9.17) is 16.9 Å². The third-order valence-corrected chi connectivity index (χ3v) is 6.14. The summed E-state index contributed by atoms with van der Waals surface area (Å²) in [6.07, 6.45) is 5.79. The van der Waals surface area contributed by atoms with Crippen LogP contribution in [0.1, 0.15) is 37.7 Å². The molecule has 4 nitrogen and oxygen atoms in total. The van der Waals surface area contributed by atoms with Gasteiger partial charge in [-0.3, -0.25) is 0 Å². The van der Waals surface area contributed by atoms with Gasteiger partial charge in [0.25, 0.3) is 0 Å². The normalized spacial score (nSPS) is 16.9. The minimum Gasteiger partial charge on any atom is -0.207 e. The minimum atomic E-state index is -3.55. The molecule has 0 aromatic heterocycles. The van der Waals surface area contributed by atoms with Crippen molar-refractivity contribution in [1.82, 2.24) is 4.31 Å². The second-order valence-corrected chi connectivity index (χ2v) is 8.00. The molecule has 0 amide bonds. The van der Waals surface area contributed by atoms with Crippen LogP contribution < -0.4 is 0 Å². The highest BCUT2D eigenvalue weighted by atomic mass is 35.5. The molecule has 21 heavy (non-hydrogen) atoms. The molecular weight excluding hydrogens is 308 g/mol. The van der Waals surface area contributed by atoms with E-state index in [2.05, 4.69) is 0 Å². The first-order valence-corrected chi connectivity index (χ1v) is 8.93. The highest BCUT2D eigenvalue weighted by molar-refractivity contribution is 7.89. The molecule has 1 fully saturated rings. The number of rotatable bonds is 4. The van der Waals surface area contributed by atoms with Gasteiger partial charge in [0.2, 0.25) is 10.0 Å².